The van der Waals surface area contributed by atoms with Crippen molar-refractivity contribution in [1.29, 1.82) is 0 Å². The van der Waals surface area contributed by atoms with Crippen molar-refractivity contribution in [1.82, 2.24) is 14.5 Å². The maximum Gasteiger partial charge on any atom is 0.111 e. The van der Waals surface area contributed by atoms with Crippen LogP contribution in [0.3, 0.4) is 0 Å². The lowest BCUT2D eigenvalue weighted by molar-refractivity contribution is 0.554. The Bertz CT molecular complexity index is 580. The number of imidazole rings is 1. The van der Waals surface area contributed by atoms with E-state index in [4.69, 9.17) is 10.7 Å². The number of hydrogen-bond acceptors (Lipinski definition) is 3. The summed E-state index contributed by atoms with van der Waals surface area (Å²) in [4.78, 5) is 8.91. The number of pyridine rings is 1. The van der Waals surface area contributed by atoms with Gasteiger partial charge in [0, 0.05) is 24.7 Å². The summed E-state index contributed by atoms with van der Waals surface area (Å²) in [6.07, 6.45) is 9.78. The molecule has 4 nitrogen and oxygen atoms in total. The highest BCUT2D eigenvalue weighted by atomic mass is 15.1. The molecule has 18 heavy (non-hydrogen) atoms. The maximum atomic E-state index is 6.25. The van der Waals surface area contributed by atoms with E-state index in [2.05, 4.69) is 15.6 Å². The number of nitrogens with zero attached hydrogens (tertiary/aromatic N) is 3. The average Bonchev–Trinajstić information content (AvgIpc) is 3.24. The molecule has 2 saturated carbocycles. The predicted molar refractivity (Wildman–Crippen MR) is 70.2 cm³/mol. The van der Waals surface area contributed by atoms with E-state index in [0.29, 0.717) is 6.04 Å². The van der Waals surface area contributed by atoms with Gasteiger partial charge in [-0.1, -0.05) is 0 Å². The SMILES string of the molecule is NC(Cc1nc2cnccc2n1C1CC1)C1CC1. The van der Waals surface area contributed by atoms with Gasteiger partial charge >= 0.3 is 0 Å². The number of aromatic nitrogens is 3. The highest BCUT2D eigenvalue weighted by Gasteiger charge is 2.32. The molecule has 2 aliphatic carbocycles. The standard InChI is InChI=1S/C14H18N4/c15-11(9-1-2-9)7-14-17-12-8-16-6-5-13(12)18(14)10-3-4-10/h5-6,8-11H,1-4,7,15H2. The Balaban J connectivity index is 1.75. The van der Waals surface area contributed by atoms with Gasteiger partial charge in [0.1, 0.15) is 11.3 Å². The average molecular weight is 242 g/mol. The number of hydrogen-bond donors (Lipinski definition) is 1. The number of rotatable bonds is 4. The molecule has 0 radical (unpaired) electrons. The monoisotopic (exact) mass is 242 g/mol. The minimum atomic E-state index is 0.285. The summed E-state index contributed by atoms with van der Waals surface area (Å²) in [5, 5.41) is 0. The van der Waals surface area contributed by atoms with Crippen LogP contribution in [0.1, 0.15) is 37.5 Å². The van der Waals surface area contributed by atoms with E-state index in [1.54, 1.807) is 0 Å². The Hall–Kier alpha value is -1.42. The van der Waals surface area contributed by atoms with Crippen LogP contribution in [0.2, 0.25) is 0 Å². The Kier molecular flexibility index (Phi) is 2.21. The molecule has 0 spiro atoms. The van der Waals surface area contributed by atoms with Crippen LogP contribution in [0.5, 0.6) is 0 Å². The lowest BCUT2D eigenvalue weighted by Crippen LogP contribution is -2.26. The van der Waals surface area contributed by atoms with Crippen LogP contribution in [0.4, 0.5) is 0 Å². The zero-order chi connectivity index (χ0) is 12.1. The number of fused-ring (bicyclic) bond motifs is 1. The molecule has 2 fully saturated rings. The Morgan fingerprint density at radius 3 is 2.89 bits per heavy atom. The van der Waals surface area contributed by atoms with Gasteiger partial charge in [-0.05, 0) is 37.7 Å². The van der Waals surface area contributed by atoms with E-state index in [-0.39, 0.29) is 6.04 Å². The fourth-order valence-corrected chi connectivity index (χ4v) is 2.79. The zero-order valence-corrected chi connectivity index (χ0v) is 10.4. The molecule has 2 N–H and O–H groups in total. The van der Waals surface area contributed by atoms with Crippen molar-refractivity contribution in [2.75, 3.05) is 0 Å². The first kappa shape index (κ1) is 10.5. The molecule has 4 heteroatoms. The first-order chi connectivity index (χ1) is 8.83. The quantitative estimate of drug-likeness (QED) is 0.892. The molecule has 0 aliphatic heterocycles. The summed E-state index contributed by atoms with van der Waals surface area (Å²) in [5.74, 6) is 1.90. The third kappa shape index (κ3) is 1.72. The van der Waals surface area contributed by atoms with E-state index in [1.165, 1.54) is 37.0 Å². The van der Waals surface area contributed by atoms with Crippen LogP contribution < -0.4 is 5.73 Å². The van der Waals surface area contributed by atoms with Gasteiger partial charge in [0.05, 0.1) is 11.7 Å². The predicted octanol–water partition coefficient (Wildman–Crippen LogP) is 2.05. The molecular weight excluding hydrogens is 224 g/mol. The van der Waals surface area contributed by atoms with Gasteiger partial charge in [0.25, 0.3) is 0 Å². The molecule has 0 saturated heterocycles. The summed E-state index contributed by atoms with van der Waals surface area (Å²) >= 11 is 0. The van der Waals surface area contributed by atoms with E-state index >= 15 is 0 Å². The molecule has 2 aromatic rings. The smallest absolute Gasteiger partial charge is 0.111 e. The van der Waals surface area contributed by atoms with Gasteiger partial charge in [-0.15, -0.1) is 0 Å². The van der Waals surface area contributed by atoms with Crippen molar-refractivity contribution in [3.8, 4) is 0 Å². The molecule has 0 aromatic carbocycles. The normalized spacial score (nSPS) is 21.4. The Morgan fingerprint density at radius 1 is 1.33 bits per heavy atom. The summed E-state index contributed by atoms with van der Waals surface area (Å²) in [5.41, 5.74) is 8.50. The molecule has 0 amide bonds. The zero-order valence-electron chi connectivity index (χ0n) is 10.4. The van der Waals surface area contributed by atoms with Gasteiger partial charge in [0.2, 0.25) is 0 Å². The minimum absolute atomic E-state index is 0.285. The highest BCUT2D eigenvalue weighted by Crippen LogP contribution is 2.39. The Labute approximate surface area is 106 Å². The van der Waals surface area contributed by atoms with Gasteiger partial charge in [0.15, 0.2) is 0 Å². The van der Waals surface area contributed by atoms with Crippen LogP contribution in [0.15, 0.2) is 18.5 Å². The van der Waals surface area contributed by atoms with Crippen molar-refractivity contribution in [3.05, 3.63) is 24.3 Å². The highest BCUT2D eigenvalue weighted by molar-refractivity contribution is 5.75. The van der Waals surface area contributed by atoms with Gasteiger partial charge in [-0.25, -0.2) is 4.98 Å². The van der Waals surface area contributed by atoms with Crippen molar-refractivity contribution < 1.29 is 0 Å². The molecule has 1 unspecified atom stereocenters. The summed E-state index contributed by atoms with van der Waals surface area (Å²) < 4.78 is 2.40. The van der Waals surface area contributed by atoms with Crippen molar-refractivity contribution >= 4 is 11.0 Å². The molecule has 4 rings (SSSR count). The van der Waals surface area contributed by atoms with Crippen LogP contribution in [0.25, 0.3) is 11.0 Å². The topological polar surface area (TPSA) is 56.7 Å². The van der Waals surface area contributed by atoms with Gasteiger partial charge < -0.3 is 10.3 Å². The van der Waals surface area contributed by atoms with E-state index in [0.717, 1.165) is 17.9 Å². The minimum Gasteiger partial charge on any atom is -0.327 e. The van der Waals surface area contributed by atoms with E-state index < -0.39 is 0 Å². The van der Waals surface area contributed by atoms with Crippen molar-refractivity contribution in [3.63, 3.8) is 0 Å². The summed E-state index contributed by atoms with van der Waals surface area (Å²) in [6, 6.07) is 3.01. The van der Waals surface area contributed by atoms with Crippen molar-refractivity contribution in [2.45, 2.75) is 44.2 Å². The van der Waals surface area contributed by atoms with Crippen LogP contribution in [0, 0.1) is 5.92 Å². The van der Waals surface area contributed by atoms with Crippen LogP contribution >= 0.6 is 0 Å². The van der Waals surface area contributed by atoms with Gasteiger partial charge in [-0.3, -0.25) is 4.98 Å². The fourth-order valence-electron chi connectivity index (χ4n) is 2.79. The lowest BCUT2D eigenvalue weighted by Gasteiger charge is -2.12. The molecule has 94 valence electrons. The second-order valence-electron chi connectivity index (χ2n) is 5.70. The van der Waals surface area contributed by atoms with Crippen LogP contribution in [-0.2, 0) is 6.42 Å². The fraction of sp³-hybridized carbons (Fsp3) is 0.571. The van der Waals surface area contributed by atoms with Crippen LogP contribution in [-0.4, -0.2) is 20.6 Å². The summed E-state index contributed by atoms with van der Waals surface area (Å²) in [6.45, 7) is 0. The van der Waals surface area contributed by atoms with Crippen molar-refractivity contribution in [2.24, 2.45) is 11.7 Å². The third-order valence-corrected chi connectivity index (χ3v) is 4.12. The molecule has 2 aromatic heterocycles. The molecule has 2 heterocycles. The first-order valence-electron chi connectivity index (χ1n) is 6.89. The lowest BCUT2D eigenvalue weighted by atomic mass is 10.1. The second kappa shape index (κ2) is 3.79. The molecule has 0 bridgehead atoms. The first-order valence-corrected chi connectivity index (χ1v) is 6.89. The summed E-state index contributed by atoms with van der Waals surface area (Å²) in [7, 11) is 0. The van der Waals surface area contributed by atoms with E-state index in [1.807, 2.05) is 12.4 Å². The third-order valence-electron chi connectivity index (χ3n) is 4.12. The molecule has 1 atom stereocenters. The maximum absolute atomic E-state index is 6.25. The second-order valence-corrected chi connectivity index (χ2v) is 5.70. The number of nitrogens with two attached hydrogens (primary N) is 1. The molecular formula is C14H18N4. The Morgan fingerprint density at radius 2 is 2.17 bits per heavy atom. The molecule has 2 aliphatic rings. The van der Waals surface area contributed by atoms with Gasteiger partial charge in [-0.2, -0.15) is 0 Å². The largest absolute Gasteiger partial charge is 0.327 e. The van der Waals surface area contributed by atoms with E-state index in [9.17, 15) is 0 Å².